The Hall–Kier alpha value is -2.91. The lowest BCUT2D eigenvalue weighted by atomic mass is 9.89. The number of fused-ring (bicyclic) bond motifs is 6. The first-order valence-electron chi connectivity index (χ1n) is 11.1. The van der Waals surface area contributed by atoms with Gasteiger partial charge in [-0.05, 0) is 49.8 Å². The molecule has 9 heteroatoms. The maximum absolute atomic E-state index is 13.4. The molecule has 5 aromatic rings. The molecule has 4 aromatic heterocycles. The molecule has 0 radical (unpaired) electrons. The van der Waals surface area contributed by atoms with Crippen LogP contribution in [-0.2, 0) is 25.1 Å². The van der Waals surface area contributed by atoms with Crippen molar-refractivity contribution in [2.75, 3.05) is 0 Å². The van der Waals surface area contributed by atoms with Gasteiger partial charge in [0.25, 0.3) is 11.1 Å². The molecule has 1 aromatic carbocycles. The summed E-state index contributed by atoms with van der Waals surface area (Å²) >= 11 is 3.08. The van der Waals surface area contributed by atoms with E-state index in [4.69, 9.17) is 9.40 Å². The molecule has 0 saturated carbocycles. The summed E-state index contributed by atoms with van der Waals surface area (Å²) in [6, 6.07) is 7.49. The molecule has 1 atom stereocenters. The predicted octanol–water partition coefficient (Wildman–Crippen LogP) is 4.88. The zero-order chi connectivity index (χ0) is 22.7. The summed E-state index contributed by atoms with van der Waals surface area (Å²) in [5.74, 6) is 1.56. The number of nitrogens with one attached hydrogen (secondary N) is 1. The van der Waals surface area contributed by atoms with E-state index >= 15 is 0 Å². The summed E-state index contributed by atoms with van der Waals surface area (Å²) in [5.41, 5.74) is 2.36. The number of aryl methyl sites for hydroxylation is 1. The van der Waals surface area contributed by atoms with E-state index in [2.05, 4.69) is 16.9 Å². The third kappa shape index (κ3) is 3.33. The van der Waals surface area contributed by atoms with E-state index in [0.29, 0.717) is 40.3 Å². The van der Waals surface area contributed by atoms with Crippen LogP contribution in [0.2, 0.25) is 0 Å². The SMILES string of the molecule is CCn1c(SCc2nc3c(oc4ccccc43)c(=O)[nH]2)nc2sc3c(c2c1=O)CCC(C)C3. The smallest absolute Gasteiger partial charge is 0.294 e. The number of nitrogens with zero attached hydrogens (tertiary/aromatic N) is 3. The number of hydrogen-bond donors (Lipinski definition) is 1. The highest BCUT2D eigenvalue weighted by Crippen LogP contribution is 2.36. The zero-order valence-corrected chi connectivity index (χ0v) is 19.9. The molecule has 7 nitrogen and oxygen atoms in total. The van der Waals surface area contributed by atoms with Gasteiger partial charge in [0.2, 0.25) is 5.58 Å². The first kappa shape index (κ1) is 20.7. The zero-order valence-electron chi connectivity index (χ0n) is 18.3. The number of thioether (sulfide) groups is 1. The quantitative estimate of drug-likeness (QED) is 0.292. The highest BCUT2D eigenvalue weighted by atomic mass is 32.2. The van der Waals surface area contributed by atoms with Crippen molar-refractivity contribution in [3.63, 3.8) is 0 Å². The molecule has 6 rings (SSSR count). The Morgan fingerprint density at radius 3 is 2.97 bits per heavy atom. The number of aromatic nitrogens is 4. The summed E-state index contributed by atoms with van der Waals surface area (Å²) in [5, 5.41) is 2.26. The average Bonchev–Trinajstić information content (AvgIpc) is 3.36. The molecule has 1 unspecified atom stereocenters. The van der Waals surface area contributed by atoms with Crippen molar-refractivity contribution in [3.8, 4) is 0 Å². The molecule has 1 N–H and O–H groups in total. The third-order valence-electron chi connectivity index (χ3n) is 6.31. The van der Waals surface area contributed by atoms with Gasteiger partial charge < -0.3 is 9.40 Å². The predicted molar refractivity (Wildman–Crippen MR) is 132 cm³/mol. The summed E-state index contributed by atoms with van der Waals surface area (Å²) in [6.07, 6.45) is 3.09. The van der Waals surface area contributed by atoms with Gasteiger partial charge in [-0.15, -0.1) is 11.3 Å². The fourth-order valence-electron chi connectivity index (χ4n) is 4.64. The van der Waals surface area contributed by atoms with Gasteiger partial charge in [-0.3, -0.25) is 14.2 Å². The number of H-pyrrole nitrogens is 1. The van der Waals surface area contributed by atoms with Gasteiger partial charge in [-0.2, -0.15) is 0 Å². The molecule has 0 amide bonds. The van der Waals surface area contributed by atoms with Crippen LogP contribution in [0.4, 0.5) is 0 Å². The lowest BCUT2D eigenvalue weighted by Gasteiger charge is -2.17. The van der Waals surface area contributed by atoms with Crippen LogP contribution in [0, 0.1) is 5.92 Å². The molecule has 33 heavy (non-hydrogen) atoms. The standard InChI is InChI=1S/C24H22N4O3S2/c1-3-28-23(30)18-14-9-8-12(2)10-16(14)33-22(18)27-24(28)32-11-17-25-19-13-6-4-5-7-15(13)31-20(19)21(29)26-17/h4-7,12H,3,8-11H2,1-2H3,(H,25,26,29). The molecular formula is C24H22N4O3S2. The van der Waals surface area contributed by atoms with E-state index < -0.39 is 0 Å². The van der Waals surface area contributed by atoms with Gasteiger partial charge >= 0.3 is 0 Å². The summed E-state index contributed by atoms with van der Waals surface area (Å²) < 4.78 is 7.42. The van der Waals surface area contributed by atoms with Crippen molar-refractivity contribution in [1.29, 1.82) is 0 Å². The molecule has 0 fully saturated rings. The van der Waals surface area contributed by atoms with Crippen LogP contribution in [-0.4, -0.2) is 19.5 Å². The number of furan rings is 1. The Labute approximate surface area is 196 Å². The monoisotopic (exact) mass is 478 g/mol. The molecule has 0 saturated heterocycles. The Bertz CT molecular complexity index is 1660. The number of aromatic amines is 1. The highest BCUT2D eigenvalue weighted by molar-refractivity contribution is 7.98. The lowest BCUT2D eigenvalue weighted by Crippen LogP contribution is -2.23. The van der Waals surface area contributed by atoms with E-state index in [0.717, 1.165) is 34.9 Å². The van der Waals surface area contributed by atoms with Crippen molar-refractivity contribution in [1.82, 2.24) is 19.5 Å². The Balaban J connectivity index is 1.40. The van der Waals surface area contributed by atoms with E-state index in [-0.39, 0.29) is 16.7 Å². The topological polar surface area (TPSA) is 93.8 Å². The first-order chi connectivity index (χ1) is 16.0. The van der Waals surface area contributed by atoms with Crippen molar-refractivity contribution in [2.45, 2.75) is 50.6 Å². The fourth-order valence-corrected chi connectivity index (χ4v) is 7.00. The van der Waals surface area contributed by atoms with E-state index in [1.807, 2.05) is 31.2 Å². The number of para-hydroxylation sites is 1. The van der Waals surface area contributed by atoms with Gasteiger partial charge in [0.15, 0.2) is 5.16 Å². The largest absolute Gasteiger partial charge is 0.449 e. The minimum atomic E-state index is -0.303. The molecule has 0 aliphatic heterocycles. The minimum Gasteiger partial charge on any atom is -0.449 e. The molecule has 0 bridgehead atoms. The van der Waals surface area contributed by atoms with E-state index in [1.54, 1.807) is 15.9 Å². The van der Waals surface area contributed by atoms with Gasteiger partial charge in [0.05, 0.1) is 11.1 Å². The number of benzene rings is 1. The van der Waals surface area contributed by atoms with Crippen molar-refractivity contribution < 1.29 is 4.42 Å². The van der Waals surface area contributed by atoms with Crippen LogP contribution in [0.5, 0.6) is 0 Å². The third-order valence-corrected chi connectivity index (χ3v) is 8.45. The molecule has 0 spiro atoms. The van der Waals surface area contributed by atoms with Gasteiger partial charge in [-0.25, -0.2) is 9.97 Å². The number of rotatable bonds is 4. The number of thiophene rings is 1. The van der Waals surface area contributed by atoms with Crippen LogP contribution in [0.25, 0.3) is 32.3 Å². The van der Waals surface area contributed by atoms with Crippen LogP contribution in [0.1, 0.15) is 36.5 Å². The Morgan fingerprint density at radius 2 is 2.12 bits per heavy atom. The minimum absolute atomic E-state index is 0.0368. The highest BCUT2D eigenvalue weighted by Gasteiger charge is 2.24. The molecule has 168 valence electrons. The van der Waals surface area contributed by atoms with Gasteiger partial charge in [-0.1, -0.05) is 30.8 Å². The van der Waals surface area contributed by atoms with Gasteiger partial charge in [0, 0.05) is 16.8 Å². The maximum Gasteiger partial charge on any atom is 0.294 e. The normalized spacial score (nSPS) is 16.1. The van der Waals surface area contributed by atoms with Crippen molar-refractivity contribution >= 4 is 55.4 Å². The second-order valence-electron chi connectivity index (χ2n) is 8.55. The van der Waals surface area contributed by atoms with Gasteiger partial charge in [0.1, 0.15) is 21.8 Å². The van der Waals surface area contributed by atoms with Crippen molar-refractivity contribution in [3.05, 3.63) is 61.2 Å². The summed E-state index contributed by atoms with van der Waals surface area (Å²) in [4.78, 5) is 40.5. The molecule has 1 aliphatic rings. The van der Waals surface area contributed by atoms with Crippen LogP contribution in [0.3, 0.4) is 0 Å². The Kier molecular flexibility index (Phi) is 4.92. The Morgan fingerprint density at radius 1 is 1.27 bits per heavy atom. The van der Waals surface area contributed by atoms with E-state index in [9.17, 15) is 9.59 Å². The second kappa shape index (κ2) is 7.85. The fraction of sp³-hybridized carbons (Fsp3) is 0.333. The molecular weight excluding hydrogens is 456 g/mol. The summed E-state index contributed by atoms with van der Waals surface area (Å²) in [6.45, 7) is 4.77. The number of hydrogen-bond acceptors (Lipinski definition) is 7. The molecule has 4 heterocycles. The van der Waals surface area contributed by atoms with Crippen LogP contribution < -0.4 is 11.1 Å². The van der Waals surface area contributed by atoms with E-state index in [1.165, 1.54) is 22.2 Å². The second-order valence-corrected chi connectivity index (χ2v) is 10.6. The maximum atomic E-state index is 13.4. The summed E-state index contributed by atoms with van der Waals surface area (Å²) in [7, 11) is 0. The van der Waals surface area contributed by atoms with Crippen LogP contribution in [0.15, 0.2) is 43.4 Å². The molecule has 1 aliphatic carbocycles. The van der Waals surface area contributed by atoms with Crippen LogP contribution >= 0.6 is 23.1 Å². The first-order valence-corrected chi connectivity index (χ1v) is 12.9. The average molecular weight is 479 g/mol. The lowest BCUT2D eigenvalue weighted by molar-refractivity contribution is 0.509. The van der Waals surface area contributed by atoms with Crippen molar-refractivity contribution in [2.24, 2.45) is 5.92 Å².